The van der Waals surface area contributed by atoms with E-state index in [2.05, 4.69) is 4.74 Å². The van der Waals surface area contributed by atoms with Gasteiger partial charge in [0.15, 0.2) is 0 Å². The van der Waals surface area contributed by atoms with Gasteiger partial charge in [-0.1, -0.05) is 6.42 Å². The Labute approximate surface area is 137 Å². The molecule has 0 aromatic carbocycles. The molecule has 1 aliphatic rings. The highest BCUT2D eigenvalue weighted by Gasteiger charge is 2.49. The Morgan fingerprint density at radius 3 is 2.12 bits per heavy atom. The Hall–Kier alpha value is -1.36. The Morgan fingerprint density at radius 2 is 1.62 bits per heavy atom. The molecule has 0 aromatic heterocycles. The van der Waals surface area contributed by atoms with Gasteiger partial charge >= 0.3 is 18.1 Å². The lowest BCUT2D eigenvalue weighted by Crippen LogP contribution is -2.40. The van der Waals surface area contributed by atoms with Gasteiger partial charge in [0.2, 0.25) is 5.25 Å². The first-order chi connectivity index (χ1) is 11.0. The van der Waals surface area contributed by atoms with Gasteiger partial charge < -0.3 is 9.47 Å². The van der Waals surface area contributed by atoms with E-state index in [-0.39, 0.29) is 12.5 Å². The van der Waals surface area contributed by atoms with Crippen LogP contribution in [0.5, 0.6) is 0 Å². The molecule has 11 heteroatoms. The molecule has 0 spiro atoms. The highest BCUT2D eigenvalue weighted by atomic mass is 32.2. The smallest absolute Gasteiger partial charge is 0.411 e. The summed E-state index contributed by atoms with van der Waals surface area (Å²) in [4.78, 5) is 22.9. The molecule has 1 unspecified atom stereocenters. The lowest BCUT2D eigenvalue weighted by Gasteiger charge is -2.21. The van der Waals surface area contributed by atoms with Crippen molar-refractivity contribution in [2.75, 3.05) is 6.61 Å². The Balaban J connectivity index is 2.36. The van der Waals surface area contributed by atoms with Crippen molar-refractivity contribution in [2.24, 2.45) is 0 Å². The van der Waals surface area contributed by atoms with Crippen molar-refractivity contribution in [3.8, 4) is 0 Å². The quantitative estimate of drug-likeness (QED) is 0.535. The number of carbonyl (C=O) groups excluding carboxylic acids is 2. The molecular weight excluding hydrogens is 357 g/mol. The van der Waals surface area contributed by atoms with Gasteiger partial charge in [0.1, 0.15) is 12.7 Å². The summed E-state index contributed by atoms with van der Waals surface area (Å²) in [5.41, 5.74) is 0. The van der Waals surface area contributed by atoms with Crippen molar-refractivity contribution in [3.63, 3.8) is 0 Å². The van der Waals surface area contributed by atoms with E-state index in [4.69, 9.17) is 9.29 Å². The summed E-state index contributed by atoms with van der Waals surface area (Å²) >= 11 is 0. The third-order valence-corrected chi connectivity index (χ3v) is 4.63. The van der Waals surface area contributed by atoms with Gasteiger partial charge in [-0.2, -0.15) is 21.6 Å². The van der Waals surface area contributed by atoms with E-state index in [0.29, 0.717) is 0 Å². The van der Waals surface area contributed by atoms with Gasteiger partial charge in [-0.3, -0.25) is 14.1 Å². The van der Waals surface area contributed by atoms with E-state index in [9.17, 15) is 31.2 Å². The van der Waals surface area contributed by atoms with E-state index in [1.807, 2.05) is 0 Å². The predicted molar refractivity (Wildman–Crippen MR) is 74.5 cm³/mol. The molecule has 1 saturated carbocycles. The van der Waals surface area contributed by atoms with Crippen molar-refractivity contribution >= 4 is 22.1 Å². The SMILES string of the molecule is O=C(CCC(=O)OC1CCCCC1)OCC(C(F)(F)F)S(=O)(=O)O. The van der Waals surface area contributed by atoms with Crippen molar-refractivity contribution in [1.82, 2.24) is 0 Å². The third-order valence-electron chi connectivity index (χ3n) is 3.50. The van der Waals surface area contributed by atoms with Crippen LogP contribution >= 0.6 is 0 Å². The van der Waals surface area contributed by atoms with E-state index in [1.54, 1.807) is 0 Å². The Morgan fingerprint density at radius 1 is 1.08 bits per heavy atom. The van der Waals surface area contributed by atoms with E-state index in [1.165, 1.54) is 0 Å². The fraction of sp³-hybridized carbons (Fsp3) is 0.846. The molecular formula is C13H19F3O7S. The molecule has 0 heterocycles. The minimum atomic E-state index is -5.46. The second-order valence-electron chi connectivity index (χ2n) is 5.48. The molecule has 24 heavy (non-hydrogen) atoms. The number of esters is 2. The summed E-state index contributed by atoms with van der Waals surface area (Å²) < 4.78 is 76.4. The first kappa shape index (κ1) is 20.7. The van der Waals surface area contributed by atoms with Gasteiger partial charge in [0.05, 0.1) is 12.8 Å². The molecule has 0 amide bonds. The normalized spacial score (nSPS) is 18.0. The number of rotatable bonds is 7. The highest BCUT2D eigenvalue weighted by molar-refractivity contribution is 7.86. The summed E-state index contributed by atoms with van der Waals surface area (Å²) in [6.07, 6.45) is -2.00. The monoisotopic (exact) mass is 376 g/mol. The summed E-state index contributed by atoms with van der Waals surface area (Å²) in [6, 6.07) is 0. The second-order valence-corrected chi connectivity index (χ2v) is 7.08. The van der Waals surface area contributed by atoms with Crippen molar-refractivity contribution in [3.05, 3.63) is 0 Å². The lowest BCUT2D eigenvalue weighted by atomic mass is 9.98. The van der Waals surface area contributed by atoms with Crippen LogP contribution in [0.3, 0.4) is 0 Å². The molecule has 1 rings (SSSR count). The molecule has 140 valence electrons. The van der Waals surface area contributed by atoms with Gasteiger partial charge in [0, 0.05) is 0 Å². The van der Waals surface area contributed by atoms with E-state index in [0.717, 1.165) is 32.1 Å². The van der Waals surface area contributed by atoms with Crippen LogP contribution in [-0.4, -0.2) is 49.0 Å². The number of hydrogen-bond acceptors (Lipinski definition) is 6. The van der Waals surface area contributed by atoms with Crippen LogP contribution < -0.4 is 0 Å². The molecule has 1 aliphatic carbocycles. The summed E-state index contributed by atoms with van der Waals surface area (Å²) in [5, 5.41) is -3.22. The third kappa shape index (κ3) is 7.47. The first-order valence-corrected chi connectivity index (χ1v) is 8.88. The van der Waals surface area contributed by atoms with Crippen molar-refractivity contribution in [1.29, 1.82) is 0 Å². The van der Waals surface area contributed by atoms with E-state index < -0.39 is 46.5 Å². The fourth-order valence-corrected chi connectivity index (χ4v) is 2.80. The summed E-state index contributed by atoms with van der Waals surface area (Å²) in [7, 11) is -5.46. The molecule has 0 bridgehead atoms. The zero-order chi connectivity index (χ0) is 18.4. The highest BCUT2D eigenvalue weighted by Crippen LogP contribution is 2.26. The van der Waals surface area contributed by atoms with Crippen molar-refractivity contribution < 1.29 is 45.2 Å². The minimum absolute atomic E-state index is 0.212. The molecule has 1 atom stereocenters. The number of ether oxygens (including phenoxy) is 2. The Bertz CT molecular complexity index is 538. The lowest BCUT2D eigenvalue weighted by molar-refractivity contribution is -0.161. The maximum Gasteiger partial charge on any atom is 0.411 e. The second kappa shape index (κ2) is 8.65. The molecule has 1 fully saturated rings. The van der Waals surface area contributed by atoms with Gasteiger partial charge in [0.25, 0.3) is 10.1 Å². The van der Waals surface area contributed by atoms with Crippen LogP contribution in [0.4, 0.5) is 13.2 Å². The van der Waals surface area contributed by atoms with Crippen LogP contribution in [-0.2, 0) is 29.2 Å². The van der Waals surface area contributed by atoms with Crippen LogP contribution in [0.1, 0.15) is 44.9 Å². The summed E-state index contributed by atoms with van der Waals surface area (Å²) in [6.45, 7) is -1.57. The Kier molecular flexibility index (Phi) is 7.46. The van der Waals surface area contributed by atoms with Crippen molar-refractivity contribution in [2.45, 2.75) is 62.5 Å². The summed E-state index contributed by atoms with van der Waals surface area (Å²) in [5.74, 6) is -1.85. The van der Waals surface area contributed by atoms with Gasteiger partial charge in [-0.15, -0.1) is 0 Å². The topological polar surface area (TPSA) is 107 Å². The standard InChI is InChI=1S/C13H19F3O7S/c14-13(15,16)10(24(19,20)21)8-22-11(17)6-7-12(18)23-9-4-2-1-3-5-9/h9-10H,1-8H2,(H,19,20,21). The average molecular weight is 376 g/mol. The largest absolute Gasteiger partial charge is 0.464 e. The number of alkyl halides is 3. The molecule has 7 nitrogen and oxygen atoms in total. The van der Waals surface area contributed by atoms with Crippen LogP contribution in [0, 0.1) is 0 Å². The number of carbonyl (C=O) groups is 2. The van der Waals surface area contributed by atoms with Crippen LogP contribution in [0.2, 0.25) is 0 Å². The molecule has 0 aliphatic heterocycles. The average Bonchev–Trinajstić information content (AvgIpc) is 2.43. The minimum Gasteiger partial charge on any atom is -0.464 e. The molecule has 0 radical (unpaired) electrons. The van der Waals surface area contributed by atoms with Crippen LogP contribution in [0.15, 0.2) is 0 Å². The fourth-order valence-electron chi connectivity index (χ4n) is 2.22. The zero-order valence-corrected chi connectivity index (χ0v) is 13.6. The molecule has 0 aromatic rings. The van der Waals surface area contributed by atoms with Crippen LogP contribution in [0.25, 0.3) is 0 Å². The molecule has 1 N–H and O–H groups in total. The van der Waals surface area contributed by atoms with Gasteiger partial charge in [-0.05, 0) is 25.7 Å². The first-order valence-electron chi connectivity index (χ1n) is 7.38. The molecule has 0 saturated heterocycles. The zero-order valence-electron chi connectivity index (χ0n) is 12.8. The van der Waals surface area contributed by atoms with Gasteiger partial charge in [-0.25, -0.2) is 0 Å². The maximum atomic E-state index is 12.4. The number of hydrogen-bond donors (Lipinski definition) is 1. The number of halogens is 3. The maximum absolute atomic E-state index is 12.4. The van der Waals surface area contributed by atoms with E-state index >= 15 is 0 Å². The predicted octanol–water partition coefficient (Wildman–Crippen LogP) is 2.00.